The Hall–Kier alpha value is -2.36. The Morgan fingerprint density at radius 2 is 2.00 bits per heavy atom. The van der Waals surface area contributed by atoms with Crippen LogP contribution in [0.1, 0.15) is 48.4 Å². The van der Waals surface area contributed by atoms with Crippen LogP contribution in [0.2, 0.25) is 0 Å². The van der Waals surface area contributed by atoms with Crippen molar-refractivity contribution in [1.29, 1.82) is 0 Å². The highest BCUT2D eigenvalue weighted by Crippen LogP contribution is 2.32. The average molecular weight is 341 g/mol. The topological polar surface area (TPSA) is 38.3 Å². The van der Waals surface area contributed by atoms with Crippen LogP contribution in [-0.2, 0) is 17.6 Å². The molecule has 4 heteroatoms. The van der Waals surface area contributed by atoms with Gasteiger partial charge in [0.05, 0.1) is 13.2 Å². The third-order valence-corrected chi connectivity index (χ3v) is 4.83. The number of aryl methyl sites for hydroxylation is 1. The van der Waals surface area contributed by atoms with Crippen LogP contribution in [-0.4, -0.2) is 13.0 Å². The maximum absolute atomic E-state index is 13.7. The molecule has 1 aliphatic rings. The molecule has 25 heavy (non-hydrogen) atoms. The van der Waals surface area contributed by atoms with Crippen LogP contribution < -0.4 is 10.1 Å². The minimum absolute atomic E-state index is 0.0419. The summed E-state index contributed by atoms with van der Waals surface area (Å²) in [6, 6.07) is 13.1. The summed E-state index contributed by atoms with van der Waals surface area (Å²) in [5, 5.41) is 3.05. The van der Waals surface area contributed by atoms with Crippen LogP contribution in [0.15, 0.2) is 42.5 Å². The van der Waals surface area contributed by atoms with Crippen molar-refractivity contribution < 1.29 is 13.9 Å². The molecule has 0 aliphatic heterocycles. The van der Waals surface area contributed by atoms with E-state index in [-0.39, 0.29) is 17.8 Å². The van der Waals surface area contributed by atoms with Gasteiger partial charge in [-0.15, -0.1) is 0 Å². The van der Waals surface area contributed by atoms with Crippen molar-refractivity contribution >= 4 is 5.91 Å². The quantitative estimate of drug-likeness (QED) is 0.760. The molecular weight excluding hydrogens is 317 g/mol. The first-order valence-corrected chi connectivity index (χ1v) is 8.87. The zero-order chi connectivity index (χ0) is 17.6. The molecule has 2 aromatic rings. The van der Waals surface area contributed by atoms with Crippen LogP contribution in [0.25, 0.3) is 0 Å². The Kier molecular flexibility index (Phi) is 5.69. The lowest BCUT2D eigenvalue weighted by atomic mass is 10.1. The van der Waals surface area contributed by atoms with E-state index < -0.39 is 0 Å². The predicted molar refractivity (Wildman–Crippen MR) is 96.2 cm³/mol. The smallest absolute Gasteiger partial charge is 0.220 e. The molecule has 1 atom stereocenters. The lowest BCUT2D eigenvalue weighted by Gasteiger charge is -2.14. The van der Waals surface area contributed by atoms with Crippen molar-refractivity contribution in [2.45, 2.75) is 44.6 Å². The summed E-state index contributed by atoms with van der Waals surface area (Å²) in [5.41, 5.74) is 2.94. The molecule has 3 rings (SSSR count). The average Bonchev–Trinajstić information content (AvgIpc) is 3.03. The summed E-state index contributed by atoms with van der Waals surface area (Å²) in [7, 11) is 1.66. The number of carbonyl (C=O) groups excluding carboxylic acids is 1. The fourth-order valence-corrected chi connectivity index (χ4v) is 3.43. The Bertz CT molecular complexity index is 727. The van der Waals surface area contributed by atoms with Crippen molar-refractivity contribution in [1.82, 2.24) is 5.32 Å². The van der Waals surface area contributed by atoms with Crippen molar-refractivity contribution in [3.63, 3.8) is 0 Å². The van der Waals surface area contributed by atoms with Gasteiger partial charge in [0.1, 0.15) is 11.6 Å². The Labute approximate surface area is 148 Å². The van der Waals surface area contributed by atoms with Gasteiger partial charge < -0.3 is 10.1 Å². The minimum atomic E-state index is -0.159. The number of hydrogen-bond acceptors (Lipinski definition) is 2. The Balaban J connectivity index is 1.41. The molecule has 0 saturated heterocycles. The summed E-state index contributed by atoms with van der Waals surface area (Å²) in [4.78, 5) is 12.2. The van der Waals surface area contributed by atoms with Gasteiger partial charge in [0.25, 0.3) is 0 Å². The number of hydrogen-bond donors (Lipinski definition) is 1. The van der Waals surface area contributed by atoms with E-state index in [1.165, 1.54) is 11.6 Å². The van der Waals surface area contributed by atoms with Gasteiger partial charge in [0.2, 0.25) is 5.91 Å². The molecule has 132 valence electrons. The van der Waals surface area contributed by atoms with E-state index in [0.29, 0.717) is 12.8 Å². The number of ether oxygens (including phenoxy) is 1. The summed E-state index contributed by atoms with van der Waals surface area (Å²) in [6.07, 6.45) is 4.76. The zero-order valence-corrected chi connectivity index (χ0v) is 14.6. The lowest BCUT2D eigenvalue weighted by molar-refractivity contribution is -0.121. The highest BCUT2D eigenvalue weighted by atomic mass is 19.1. The van der Waals surface area contributed by atoms with Crippen molar-refractivity contribution in [2.24, 2.45) is 0 Å². The number of fused-ring (bicyclic) bond motifs is 1. The number of rotatable bonds is 7. The van der Waals surface area contributed by atoms with Crippen molar-refractivity contribution in [3.8, 4) is 5.75 Å². The highest BCUT2D eigenvalue weighted by molar-refractivity contribution is 5.76. The fourth-order valence-electron chi connectivity index (χ4n) is 3.43. The van der Waals surface area contributed by atoms with E-state index in [2.05, 4.69) is 17.4 Å². The maximum Gasteiger partial charge on any atom is 0.220 e. The second-order valence-corrected chi connectivity index (χ2v) is 6.52. The first kappa shape index (κ1) is 17.5. The van der Waals surface area contributed by atoms with E-state index in [1.54, 1.807) is 13.2 Å². The standard InChI is InChI=1S/C21H24FNO2/c1-25-16-11-9-15(10-12-16)5-2-3-8-21(24)23-20-14-13-17-18(20)6-4-7-19(17)22/h4,6-7,9-12,20H,2-3,5,8,13-14H2,1H3,(H,23,24). The largest absolute Gasteiger partial charge is 0.497 e. The number of carbonyl (C=O) groups is 1. The van der Waals surface area contributed by atoms with Crippen LogP contribution in [0.5, 0.6) is 5.75 Å². The molecule has 3 nitrogen and oxygen atoms in total. The van der Waals surface area contributed by atoms with Crippen molar-refractivity contribution in [3.05, 3.63) is 65.0 Å². The third kappa shape index (κ3) is 4.38. The molecule has 1 unspecified atom stereocenters. The first-order chi connectivity index (χ1) is 12.2. The van der Waals surface area contributed by atoms with Crippen LogP contribution >= 0.6 is 0 Å². The second kappa shape index (κ2) is 8.15. The molecular formula is C21H24FNO2. The molecule has 1 aliphatic carbocycles. The number of halogens is 1. The van der Waals surface area contributed by atoms with Crippen LogP contribution in [0, 0.1) is 5.82 Å². The molecule has 2 aromatic carbocycles. The highest BCUT2D eigenvalue weighted by Gasteiger charge is 2.25. The SMILES string of the molecule is COc1ccc(CCCCC(=O)NC2CCc3c(F)cccc32)cc1. The van der Waals surface area contributed by atoms with Crippen molar-refractivity contribution in [2.75, 3.05) is 7.11 Å². The molecule has 0 heterocycles. The summed E-state index contributed by atoms with van der Waals surface area (Å²) in [5.74, 6) is 0.752. The van der Waals surface area contributed by atoms with E-state index in [9.17, 15) is 9.18 Å². The molecule has 1 amide bonds. The van der Waals surface area contributed by atoms with Gasteiger partial charge in [0.15, 0.2) is 0 Å². The molecule has 0 fully saturated rings. The minimum Gasteiger partial charge on any atom is -0.497 e. The monoisotopic (exact) mass is 341 g/mol. The molecule has 0 bridgehead atoms. The molecule has 0 aromatic heterocycles. The van der Waals surface area contributed by atoms with E-state index in [1.807, 2.05) is 18.2 Å². The van der Waals surface area contributed by atoms with Crippen LogP contribution in [0.3, 0.4) is 0 Å². The van der Waals surface area contributed by atoms with Crippen LogP contribution in [0.4, 0.5) is 4.39 Å². The molecule has 0 saturated carbocycles. The van der Waals surface area contributed by atoms with Gasteiger partial charge in [-0.2, -0.15) is 0 Å². The zero-order valence-electron chi connectivity index (χ0n) is 14.6. The summed E-state index contributed by atoms with van der Waals surface area (Å²) >= 11 is 0. The third-order valence-electron chi connectivity index (χ3n) is 4.83. The summed E-state index contributed by atoms with van der Waals surface area (Å²) < 4.78 is 18.9. The van der Waals surface area contributed by atoms with Gasteiger partial charge in [-0.1, -0.05) is 24.3 Å². The number of methoxy groups -OCH3 is 1. The molecule has 1 N–H and O–H groups in total. The van der Waals surface area contributed by atoms with E-state index >= 15 is 0 Å². The number of unbranched alkanes of at least 4 members (excludes halogenated alkanes) is 1. The molecule has 0 radical (unpaired) electrons. The maximum atomic E-state index is 13.7. The number of nitrogens with one attached hydrogen (secondary N) is 1. The summed E-state index contributed by atoms with van der Waals surface area (Å²) in [6.45, 7) is 0. The Morgan fingerprint density at radius 3 is 2.76 bits per heavy atom. The van der Waals surface area contributed by atoms with E-state index in [4.69, 9.17) is 4.74 Å². The lowest BCUT2D eigenvalue weighted by Crippen LogP contribution is -2.26. The number of benzene rings is 2. The normalized spacial score (nSPS) is 15.7. The second-order valence-electron chi connectivity index (χ2n) is 6.52. The first-order valence-electron chi connectivity index (χ1n) is 8.87. The van der Waals surface area contributed by atoms with Gasteiger partial charge in [-0.05, 0) is 67.0 Å². The van der Waals surface area contributed by atoms with Gasteiger partial charge in [-0.3, -0.25) is 4.79 Å². The van der Waals surface area contributed by atoms with Gasteiger partial charge in [0, 0.05) is 6.42 Å². The van der Waals surface area contributed by atoms with E-state index in [0.717, 1.165) is 42.6 Å². The van der Waals surface area contributed by atoms with Gasteiger partial charge in [-0.25, -0.2) is 4.39 Å². The van der Waals surface area contributed by atoms with Gasteiger partial charge >= 0.3 is 0 Å². The fraction of sp³-hybridized carbons (Fsp3) is 0.381. The molecule has 0 spiro atoms. The number of amides is 1. The Morgan fingerprint density at radius 1 is 1.20 bits per heavy atom. The predicted octanol–water partition coefficient (Wildman–Crippen LogP) is 4.35.